The first kappa shape index (κ1) is 16.8. The predicted molar refractivity (Wildman–Crippen MR) is 91.9 cm³/mol. The van der Waals surface area contributed by atoms with E-state index in [0.717, 1.165) is 31.1 Å². The molecule has 0 bridgehead atoms. The fourth-order valence-electron chi connectivity index (χ4n) is 3.37. The van der Waals surface area contributed by atoms with E-state index < -0.39 is 0 Å². The lowest BCUT2D eigenvalue weighted by Crippen LogP contribution is -2.68. The fourth-order valence-corrected chi connectivity index (χ4v) is 3.57. The van der Waals surface area contributed by atoms with Crippen LogP contribution in [-0.4, -0.2) is 29.1 Å². The van der Waals surface area contributed by atoms with Crippen LogP contribution < -0.4 is 5.32 Å². The molecule has 0 aliphatic carbocycles. The molecular weight excluding hydrogens is 280 g/mol. The second-order valence-corrected chi connectivity index (χ2v) is 7.05. The second-order valence-electron chi connectivity index (χ2n) is 6.65. The van der Waals surface area contributed by atoms with E-state index in [4.69, 9.17) is 11.6 Å². The molecular formula is C18H29ClN2. The second kappa shape index (κ2) is 6.68. The summed E-state index contributed by atoms with van der Waals surface area (Å²) in [5, 5.41) is 4.68. The van der Waals surface area contributed by atoms with Crippen LogP contribution in [0.15, 0.2) is 24.3 Å². The normalized spacial score (nSPS) is 26.0. The van der Waals surface area contributed by atoms with Crippen molar-refractivity contribution in [1.29, 1.82) is 0 Å². The van der Waals surface area contributed by atoms with E-state index in [1.165, 1.54) is 18.4 Å². The Morgan fingerprint density at radius 1 is 1.14 bits per heavy atom. The molecule has 0 spiro atoms. The Balaban J connectivity index is 2.27. The number of hydrogen-bond acceptors (Lipinski definition) is 2. The lowest BCUT2D eigenvalue weighted by atomic mass is 9.82. The molecule has 0 aromatic heterocycles. The van der Waals surface area contributed by atoms with Crippen molar-refractivity contribution >= 4 is 11.6 Å². The molecule has 1 unspecified atom stereocenters. The summed E-state index contributed by atoms with van der Waals surface area (Å²) in [6.07, 6.45) is 3.48. The van der Waals surface area contributed by atoms with Gasteiger partial charge in [0.05, 0.1) is 0 Å². The number of hydrogen-bond donors (Lipinski definition) is 1. The zero-order chi connectivity index (χ0) is 15.5. The highest BCUT2D eigenvalue weighted by Crippen LogP contribution is 2.33. The third-order valence-electron chi connectivity index (χ3n) is 5.47. The molecule has 2 rings (SSSR count). The number of nitrogens with zero attached hydrogens (tertiary/aromatic N) is 1. The minimum Gasteiger partial charge on any atom is -0.308 e. The van der Waals surface area contributed by atoms with Gasteiger partial charge >= 0.3 is 0 Å². The molecule has 1 saturated heterocycles. The van der Waals surface area contributed by atoms with Crippen LogP contribution in [0.3, 0.4) is 0 Å². The average Bonchev–Trinajstić information content (AvgIpc) is 2.51. The molecule has 118 valence electrons. The van der Waals surface area contributed by atoms with Crippen LogP contribution in [0.25, 0.3) is 0 Å². The maximum Gasteiger partial charge on any atom is 0.0451 e. The Kier molecular flexibility index (Phi) is 5.34. The minimum atomic E-state index is 0.203. The average molecular weight is 309 g/mol. The van der Waals surface area contributed by atoms with Crippen molar-refractivity contribution in [2.45, 2.75) is 64.6 Å². The zero-order valence-electron chi connectivity index (χ0n) is 13.9. The van der Waals surface area contributed by atoms with Crippen LogP contribution >= 0.6 is 11.6 Å². The van der Waals surface area contributed by atoms with Gasteiger partial charge in [0.1, 0.15) is 0 Å². The molecule has 1 N–H and O–H groups in total. The summed E-state index contributed by atoms with van der Waals surface area (Å²) in [5.74, 6) is 0. The van der Waals surface area contributed by atoms with E-state index in [0.29, 0.717) is 0 Å². The van der Waals surface area contributed by atoms with Gasteiger partial charge in [0, 0.05) is 35.7 Å². The monoisotopic (exact) mass is 308 g/mol. The van der Waals surface area contributed by atoms with Gasteiger partial charge < -0.3 is 5.32 Å². The van der Waals surface area contributed by atoms with Crippen LogP contribution in [0.1, 0.15) is 52.5 Å². The summed E-state index contributed by atoms with van der Waals surface area (Å²) < 4.78 is 0. The van der Waals surface area contributed by atoms with Crippen LogP contribution in [0.2, 0.25) is 5.02 Å². The third kappa shape index (κ3) is 3.44. The summed E-state index contributed by atoms with van der Waals surface area (Å²) in [6.45, 7) is 12.3. The molecule has 0 amide bonds. The number of piperazine rings is 1. The van der Waals surface area contributed by atoms with E-state index >= 15 is 0 Å². The molecule has 1 atom stereocenters. The lowest BCUT2D eigenvalue weighted by Gasteiger charge is -2.53. The zero-order valence-corrected chi connectivity index (χ0v) is 14.6. The molecule has 1 aromatic carbocycles. The standard InChI is InChI=1S/C18H29ClN2/c1-5-17(4)14-21(18(6-2,7-3)13-20-17)12-15-10-8-9-11-16(15)19/h8-11,20H,5-7,12-14H2,1-4H3. The Labute approximate surface area is 134 Å². The predicted octanol–water partition coefficient (Wildman–Crippen LogP) is 4.47. The topological polar surface area (TPSA) is 15.3 Å². The fraction of sp³-hybridized carbons (Fsp3) is 0.667. The Morgan fingerprint density at radius 2 is 1.81 bits per heavy atom. The van der Waals surface area contributed by atoms with Gasteiger partial charge in [-0.05, 0) is 37.8 Å². The van der Waals surface area contributed by atoms with Gasteiger partial charge in [-0.3, -0.25) is 4.90 Å². The number of nitrogens with one attached hydrogen (secondary N) is 1. The van der Waals surface area contributed by atoms with Crippen LogP contribution in [0, 0.1) is 0 Å². The van der Waals surface area contributed by atoms with Gasteiger partial charge in [-0.1, -0.05) is 50.6 Å². The van der Waals surface area contributed by atoms with Crippen molar-refractivity contribution in [3.63, 3.8) is 0 Å². The molecule has 1 heterocycles. The van der Waals surface area contributed by atoms with Crippen molar-refractivity contribution in [3.8, 4) is 0 Å². The van der Waals surface area contributed by atoms with Gasteiger partial charge in [0.25, 0.3) is 0 Å². The molecule has 2 nitrogen and oxygen atoms in total. The number of benzene rings is 1. The highest BCUT2D eigenvalue weighted by molar-refractivity contribution is 6.31. The Hall–Kier alpha value is -0.570. The van der Waals surface area contributed by atoms with Crippen molar-refractivity contribution in [2.75, 3.05) is 13.1 Å². The quantitative estimate of drug-likeness (QED) is 0.863. The van der Waals surface area contributed by atoms with Crippen LogP contribution in [0.5, 0.6) is 0 Å². The van der Waals surface area contributed by atoms with E-state index in [1.54, 1.807) is 0 Å². The van der Waals surface area contributed by atoms with E-state index in [1.807, 2.05) is 12.1 Å². The Bertz CT molecular complexity index is 470. The van der Waals surface area contributed by atoms with Crippen molar-refractivity contribution < 1.29 is 0 Å². The maximum absolute atomic E-state index is 6.39. The van der Waals surface area contributed by atoms with Gasteiger partial charge in [-0.25, -0.2) is 0 Å². The molecule has 3 heteroatoms. The molecule has 1 aliphatic rings. The van der Waals surface area contributed by atoms with Gasteiger partial charge in [-0.15, -0.1) is 0 Å². The molecule has 1 aliphatic heterocycles. The summed E-state index contributed by atoms with van der Waals surface area (Å²) in [5.41, 5.74) is 1.69. The summed E-state index contributed by atoms with van der Waals surface area (Å²) in [6, 6.07) is 8.25. The van der Waals surface area contributed by atoms with Gasteiger partial charge in [-0.2, -0.15) is 0 Å². The smallest absolute Gasteiger partial charge is 0.0451 e. The minimum absolute atomic E-state index is 0.203. The molecule has 1 fully saturated rings. The SMILES string of the molecule is CCC1(C)CN(Cc2ccccc2Cl)C(CC)(CC)CN1. The number of halogens is 1. The van der Waals surface area contributed by atoms with Gasteiger partial charge in [0.15, 0.2) is 0 Å². The molecule has 0 radical (unpaired) electrons. The largest absolute Gasteiger partial charge is 0.308 e. The first-order chi connectivity index (χ1) is 9.98. The molecule has 0 saturated carbocycles. The molecule has 21 heavy (non-hydrogen) atoms. The Morgan fingerprint density at radius 3 is 2.38 bits per heavy atom. The maximum atomic E-state index is 6.39. The van der Waals surface area contributed by atoms with Crippen LogP contribution in [0.4, 0.5) is 0 Å². The van der Waals surface area contributed by atoms with Crippen molar-refractivity contribution in [2.24, 2.45) is 0 Å². The number of rotatable bonds is 5. The van der Waals surface area contributed by atoms with E-state index in [2.05, 4.69) is 50.0 Å². The van der Waals surface area contributed by atoms with Crippen molar-refractivity contribution in [3.05, 3.63) is 34.9 Å². The third-order valence-corrected chi connectivity index (χ3v) is 5.84. The highest BCUT2D eigenvalue weighted by Gasteiger charge is 2.42. The summed E-state index contributed by atoms with van der Waals surface area (Å²) >= 11 is 6.39. The lowest BCUT2D eigenvalue weighted by molar-refractivity contribution is -0.00405. The first-order valence-corrected chi connectivity index (χ1v) is 8.60. The van der Waals surface area contributed by atoms with E-state index in [9.17, 15) is 0 Å². The molecule has 1 aromatic rings. The van der Waals surface area contributed by atoms with Gasteiger partial charge in [0.2, 0.25) is 0 Å². The summed E-state index contributed by atoms with van der Waals surface area (Å²) in [4.78, 5) is 2.66. The highest BCUT2D eigenvalue weighted by atomic mass is 35.5. The van der Waals surface area contributed by atoms with E-state index in [-0.39, 0.29) is 11.1 Å². The first-order valence-electron chi connectivity index (χ1n) is 8.22. The van der Waals surface area contributed by atoms with Crippen molar-refractivity contribution in [1.82, 2.24) is 10.2 Å². The summed E-state index contributed by atoms with van der Waals surface area (Å²) in [7, 11) is 0. The van der Waals surface area contributed by atoms with Crippen LogP contribution in [-0.2, 0) is 6.54 Å².